The van der Waals surface area contributed by atoms with E-state index in [0.29, 0.717) is 6.42 Å². The summed E-state index contributed by atoms with van der Waals surface area (Å²) in [5.74, 6) is -0.158. The minimum absolute atomic E-state index is 0.158. The lowest BCUT2D eigenvalue weighted by Gasteiger charge is -2.37. The maximum Gasteiger partial charge on any atom is 0.209 e. The number of para-hydroxylation sites is 1. The molecule has 0 saturated heterocycles. The maximum absolute atomic E-state index is 14.9. The molecule has 0 saturated carbocycles. The van der Waals surface area contributed by atoms with Gasteiger partial charge in [-0.1, -0.05) is 40.2 Å². The van der Waals surface area contributed by atoms with E-state index in [1.807, 2.05) is 12.1 Å². The number of aryl methyl sites for hydroxylation is 2. The first-order valence-corrected chi connectivity index (χ1v) is 13.5. The fourth-order valence-corrected chi connectivity index (χ4v) is 6.83. The molecule has 0 amide bonds. The number of allylic oxidation sites excluding steroid dienone is 1. The van der Waals surface area contributed by atoms with Crippen molar-refractivity contribution in [1.82, 2.24) is 0 Å². The Morgan fingerprint density at radius 3 is 2.43 bits per heavy atom. The van der Waals surface area contributed by atoms with Crippen LogP contribution >= 0.6 is 15.9 Å². The normalized spacial score (nSPS) is 21.0. The number of fused-ring (bicyclic) bond motifs is 1. The molecule has 0 aliphatic carbocycles. The summed E-state index contributed by atoms with van der Waals surface area (Å²) in [5.41, 5.74) is 9.85. The van der Waals surface area contributed by atoms with Gasteiger partial charge in [-0.3, -0.25) is 0 Å². The van der Waals surface area contributed by atoms with Crippen LogP contribution in [0.5, 0.6) is 0 Å². The van der Waals surface area contributed by atoms with Crippen LogP contribution in [0.4, 0.5) is 15.8 Å². The lowest BCUT2D eigenvalue weighted by molar-refractivity contribution is -0.401. The van der Waals surface area contributed by atoms with Crippen LogP contribution in [0, 0.1) is 5.82 Å². The minimum Gasteiger partial charge on any atom is -0.371 e. The van der Waals surface area contributed by atoms with Gasteiger partial charge in [0.05, 0.1) is 5.41 Å². The predicted molar refractivity (Wildman–Crippen MR) is 147 cm³/mol. The van der Waals surface area contributed by atoms with Crippen molar-refractivity contribution in [3.8, 4) is 0 Å². The average Bonchev–Trinajstić information content (AvgIpc) is 3.06. The van der Waals surface area contributed by atoms with Crippen LogP contribution in [0.15, 0.2) is 65.1 Å². The molecule has 3 aliphatic heterocycles. The number of anilines is 1. The molecule has 3 aromatic carbocycles. The molecule has 3 aliphatic rings. The third-order valence-corrected chi connectivity index (χ3v) is 8.63. The van der Waals surface area contributed by atoms with Crippen molar-refractivity contribution in [3.05, 3.63) is 98.8 Å². The van der Waals surface area contributed by atoms with E-state index >= 15 is 0 Å². The van der Waals surface area contributed by atoms with Gasteiger partial charge in [-0.2, -0.15) is 4.58 Å². The van der Waals surface area contributed by atoms with E-state index in [4.69, 9.17) is 0 Å². The van der Waals surface area contributed by atoms with Crippen LogP contribution in [0.25, 0.3) is 6.08 Å². The molecule has 4 heteroatoms. The number of halogens is 2. The molecule has 0 radical (unpaired) electrons. The Hall–Kier alpha value is -2.72. The Morgan fingerprint density at radius 2 is 1.71 bits per heavy atom. The molecule has 0 N–H and O–H groups in total. The highest BCUT2D eigenvalue weighted by atomic mass is 79.9. The lowest BCUT2D eigenvalue weighted by atomic mass is 9.74. The SMILES string of the molecule is C[N+]1=C(C=Cc2cc3c4c(c2)CCCN4CCC3)C(C)(Cc2ccc(Br)cc2F)c2ccccc21. The van der Waals surface area contributed by atoms with Gasteiger partial charge in [-0.25, -0.2) is 4.39 Å². The monoisotopic (exact) mass is 529 g/mol. The second-order valence-corrected chi connectivity index (χ2v) is 11.3. The highest BCUT2D eigenvalue weighted by molar-refractivity contribution is 9.10. The van der Waals surface area contributed by atoms with Gasteiger partial charge in [0.25, 0.3) is 0 Å². The van der Waals surface area contributed by atoms with Gasteiger partial charge < -0.3 is 4.90 Å². The van der Waals surface area contributed by atoms with Gasteiger partial charge in [0.15, 0.2) is 5.71 Å². The van der Waals surface area contributed by atoms with E-state index in [2.05, 4.69) is 87.9 Å². The predicted octanol–water partition coefficient (Wildman–Crippen LogP) is 7.23. The summed E-state index contributed by atoms with van der Waals surface area (Å²) in [6.45, 7) is 4.65. The maximum atomic E-state index is 14.9. The van der Waals surface area contributed by atoms with Crippen LogP contribution in [0.2, 0.25) is 0 Å². The van der Waals surface area contributed by atoms with Crippen LogP contribution in [-0.2, 0) is 24.7 Å². The molecule has 1 unspecified atom stereocenters. The zero-order valence-corrected chi connectivity index (χ0v) is 22.0. The van der Waals surface area contributed by atoms with Gasteiger partial charge >= 0.3 is 0 Å². The number of nitrogens with zero attached hydrogens (tertiary/aromatic N) is 2. The van der Waals surface area contributed by atoms with E-state index < -0.39 is 0 Å². The van der Waals surface area contributed by atoms with E-state index in [-0.39, 0.29) is 11.2 Å². The fourth-order valence-electron chi connectivity index (χ4n) is 6.50. The van der Waals surface area contributed by atoms with Crippen molar-refractivity contribution in [2.75, 3.05) is 25.0 Å². The summed E-state index contributed by atoms with van der Waals surface area (Å²) >= 11 is 3.40. The molecular weight excluding hydrogens is 499 g/mol. The summed E-state index contributed by atoms with van der Waals surface area (Å²) < 4.78 is 18.0. The zero-order valence-electron chi connectivity index (χ0n) is 20.5. The molecule has 0 fully saturated rings. The summed E-state index contributed by atoms with van der Waals surface area (Å²) in [6.07, 6.45) is 9.98. The molecule has 35 heavy (non-hydrogen) atoms. The van der Waals surface area contributed by atoms with Gasteiger partial charge in [0.2, 0.25) is 5.69 Å². The van der Waals surface area contributed by atoms with Crippen LogP contribution in [-0.4, -0.2) is 30.4 Å². The van der Waals surface area contributed by atoms with Crippen molar-refractivity contribution >= 4 is 39.1 Å². The Kier molecular flexibility index (Phi) is 5.68. The fraction of sp³-hybridized carbons (Fsp3) is 0.323. The third kappa shape index (κ3) is 3.87. The van der Waals surface area contributed by atoms with Crippen molar-refractivity contribution < 1.29 is 8.97 Å². The topological polar surface area (TPSA) is 6.25 Å². The first-order valence-electron chi connectivity index (χ1n) is 12.7. The Balaban J connectivity index is 1.41. The van der Waals surface area contributed by atoms with Crippen molar-refractivity contribution in [2.45, 2.75) is 44.4 Å². The second kappa shape index (κ2) is 8.74. The van der Waals surface area contributed by atoms with Crippen molar-refractivity contribution in [3.63, 3.8) is 0 Å². The number of hydrogen-bond donors (Lipinski definition) is 0. The number of rotatable bonds is 4. The highest BCUT2D eigenvalue weighted by Gasteiger charge is 2.46. The Morgan fingerprint density at radius 1 is 1.00 bits per heavy atom. The molecule has 0 aromatic heterocycles. The summed E-state index contributed by atoms with van der Waals surface area (Å²) in [7, 11) is 2.14. The van der Waals surface area contributed by atoms with Crippen LogP contribution in [0.3, 0.4) is 0 Å². The molecular formula is C31H31BrFN2+. The second-order valence-electron chi connectivity index (χ2n) is 10.4. The molecule has 178 valence electrons. The first-order chi connectivity index (χ1) is 16.9. The first kappa shape index (κ1) is 22.7. The molecule has 6 rings (SSSR count). The van der Waals surface area contributed by atoms with Gasteiger partial charge in [0.1, 0.15) is 12.9 Å². The van der Waals surface area contributed by atoms with Crippen molar-refractivity contribution in [2.24, 2.45) is 0 Å². The minimum atomic E-state index is -0.324. The van der Waals surface area contributed by atoms with E-state index in [1.165, 1.54) is 78.1 Å². The van der Waals surface area contributed by atoms with Crippen molar-refractivity contribution in [1.29, 1.82) is 0 Å². The summed E-state index contributed by atoms with van der Waals surface area (Å²) in [4.78, 5) is 2.59. The average molecular weight is 531 g/mol. The molecule has 0 bridgehead atoms. The zero-order chi connectivity index (χ0) is 24.2. The Bertz CT molecular complexity index is 1360. The number of hydrogen-bond acceptors (Lipinski definition) is 1. The molecule has 0 spiro atoms. The highest BCUT2D eigenvalue weighted by Crippen LogP contribution is 2.43. The standard InChI is InChI=1S/C31H31BrFN2/c1-31(20-24-12-13-25(32)19-27(24)33)26-9-3-4-10-28(26)34(2)29(31)14-11-21-17-22-7-5-15-35-16-6-8-23(18-21)30(22)35/h3-4,9-14,17-19H,5-8,15-16,20H2,1-2H3/q+1. The summed E-state index contributed by atoms with van der Waals surface area (Å²) in [5, 5.41) is 0. The lowest BCUT2D eigenvalue weighted by Crippen LogP contribution is -2.34. The summed E-state index contributed by atoms with van der Waals surface area (Å²) in [6, 6.07) is 18.7. The smallest absolute Gasteiger partial charge is 0.209 e. The van der Waals surface area contributed by atoms with E-state index in [0.717, 1.165) is 10.0 Å². The molecule has 3 heterocycles. The number of benzene rings is 3. The van der Waals surface area contributed by atoms with Gasteiger partial charge in [0, 0.05) is 41.0 Å². The molecule has 2 nitrogen and oxygen atoms in total. The van der Waals surface area contributed by atoms with Gasteiger partial charge in [-0.15, -0.1) is 0 Å². The largest absolute Gasteiger partial charge is 0.371 e. The quantitative estimate of drug-likeness (QED) is 0.323. The molecule has 1 atom stereocenters. The van der Waals surface area contributed by atoms with E-state index in [1.54, 1.807) is 6.07 Å². The van der Waals surface area contributed by atoms with Gasteiger partial charge in [-0.05, 0) is 91.6 Å². The van der Waals surface area contributed by atoms with E-state index in [9.17, 15) is 4.39 Å². The van der Waals surface area contributed by atoms with Crippen LogP contribution in [0.1, 0.15) is 47.6 Å². The third-order valence-electron chi connectivity index (χ3n) is 8.13. The Labute approximate surface area is 215 Å². The molecule has 3 aromatic rings. The van der Waals surface area contributed by atoms with Crippen LogP contribution < -0.4 is 4.90 Å².